The number of hydrogen-bond acceptors (Lipinski definition) is 2. The lowest BCUT2D eigenvalue weighted by Crippen LogP contribution is -1.89. The van der Waals surface area contributed by atoms with E-state index in [-0.39, 0.29) is 0 Å². The molecule has 2 aromatic carbocycles. The minimum absolute atomic E-state index is 0.429. The van der Waals surface area contributed by atoms with Crippen LogP contribution in [0, 0.1) is 0 Å². The predicted octanol–water partition coefficient (Wildman–Crippen LogP) is 5.42. The lowest BCUT2D eigenvalue weighted by Gasteiger charge is -2.10. The summed E-state index contributed by atoms with van der Waals surface area (Å²) in [7, 11) is 0. The maximum Gasteiger partial charge on any atom is 0.146 e. The van der Waals surface area contributed by atoms with Crippen LogP contribution in [-0.2, 0) is 5.88 Å². The normalized spacial score (nSPS) is 10.7. The molecule has 1 heterocycles. The predicted molar refractivity (Wildman–Crippen MR) is 82.8 cm³/mol. The molecule has 1 aromatic heterocycles. The lowest BCUT2D eigenvalue weighted by molar-refractivity contribution is 0.488. The van der Waals surface area contributed by atoms with E-state index in [1.54, 1.807) is 6.20 Å². The van der Waals surface area contributed by atoms with Crippen molar-refractivity contribution in [2.75, 3.05) is 0 Å². The van der Waals surface area contributed by atoms with Crippen molar-refractivity contribution in [2.45, 2.75) is 5.88 Å². The smallest absolute Gasteiger partial charge is 0.146 e. The van der Waals surface area contributed by atoms with Crippen LogP contribution in [-0.4, -0.2) is 4.98 Å². The van der Waals surface area contributed by atoms with Gasteiger partial charge in [-0.2, -0.15) is 0 Å². The largest absolute Gasteiger partial charge is 0.455 e. The van der Waals surface area contributed by atoms with Gasteiger partial charge < -0.3 is 4.74 Å². The number of benzene rings is 2. The Morgan fingerprint density at radius 2 is 1.90 bits per heavy atom. The Morgan fingerprint density at radius 3 is 2.70 bits per heavy atom. The molecule has 0 fully saturated rings. The average molecular weight is 304 g/mol. The van der Waals surface area contributed by atoms with Gasteiger partial charge in [-0.05, 0) is 42.0 Å². The van der Waals surface area contributed by atoms with Crippen molar-refractivity contribution in [3.63, 3.8) is 0 Å². The molecule has 0 spiro atoms. The van der Waals surface area contributed by atoms with Crippen LogP contribution in [0.1, 0.15) is 5.56 Å². The first-order valence-electron chi connectivity index (χ1n) is 6.14. The summed E-state index contributed by atoms with van der Waals surface area (Å²) in [6.07, 6.45) is 1.76. The molecule has 0 N–H and O–H groups in total. The molecular formula is C16H11Cl2NO. The summed E-state index contributed by atoms with van der Waals surface area (Å²) in [6.45, 7) is 0. The van der Waals surface area contributed by atoms with E-state index < -0.39 is 0 Å². The molecule has 0 radical (unpaired) electrons. The molecule has 0 aliphatic carbocycles. The third kappa shape index (κ3) is 2.58. The van der Waals surface area contributed by atoms with Crippen LogP contribution in [0.2, 0.25) is 5.02 Å². The summed E-state index contributed by atoms with van der Waals surface area (Å²) < 4.78 is 5.91. The van der Waals surface area contributed by atoms with Crippen LogP contribution in [0.15, 0.2) is 54.7 Å². The topological polar surface area (TPSA) is 22.1 Å². The van der Waals surface area contributed by atoms with Gasteiger partial charge in [0.1, 0.15) is 11.5 Å². The number of fused-ring (bicyclic) bond motifs is 1. The summed E-state index contributed by atoms with van der Waals surface area (Å²) in [5.41, 5.74) is 1.85. The van der Waals surface area contributed by atoms with Gasteiger partial charge in [-0.1, -0.05) is 23.7 Å². The molecule has 0 saturated heterocycles. The summed E-state index contributed by atoms with van der Waals surface area (Å²) in [6, 6.07) is 15.1. The number of rotatable bonds is 3. The molecule has 0 atom stereocenters. The molecule has 20 heavy (non-hydrogen) atoms. The van der Waals surface area contributed by atoms with Crippen LogP contribution in [0.5, 0.6) is 11.5 Å². The minimum atomic E-state index is 0.429. The molecule has 3 rings (SSSR count). The molecule has 0 aliphatic heterocycles. The van der Waals surface area contributed by atoms with Crippen molar-refractivity contribution < 1.29 is 4.74 Å². The highest BCUT2D eigenvalue weighted by atomic mass is 35.5. The Balaban J connectivity index is 2.01. The molecule has 3 aromatic rings. The zero-order valence-electron chi connectivity index (χ0n) is 10.5. The standard InChI is InChI=1S/C16H11Cl2NO/c17-10-11-6-7-16(13(18)9-11)20-15-5-1-4-14-12(15)3-2-8-19-14/h1-9H,10H2. The molecule has 0 saturated carbocycles. The second-order valence-electron chi connectivity index (χ2n) is 4.33. The third-order valence-corrected chi connectivity index (χ3v) is 3.58. The van der Waals surface area contributed by atoms with Crippen LogP contribution in [0.25, 0.3) is 10.9 Å². The third-order valence-electron chi connectivity index (χ3n) is 2.98. The minimum Gasteiger partial charge on any atom is -0.455 e. The quantitative estimate of drug-likeness (QED) is 0.603. The molecule has 0 aliphatic rings. The number of halogens is 2. The van der Waals surface area contributed by atoms with E-state index in [0.29, 0.717) is 16.7 Å². The summed E-state index contributed by atoms with van der Waals surface area (Å²) in [5, 5.41) is 1.50. The number of nitrogens with zero attached hydrogens (tertiary/aromatic N) is 1. The molecule has 2 nitrogen and oxygen atoms in total. The summed E-state index contributed by atoms with van der Waals surface area (Å²) in [4.78, 5) is 4.30. The summed E-state index contributed by atoms with van der Waals surface area (Å²) in [5.74, 6) is 1.77. The van der Waals surface area contributed by atoms with Gasteiger partial charge in [0, 0.05) is 17.5 Å². The van der Waals surface area contributed by atoms with Crippen molar-refractivity contribution in [2.24, 2.45) is 0 Å². The number of ether oxygens (including phenoxy) is 1. The van der Waals surface area contributed by atoms with E-state index in [9.17, 15) is 0 Å². The fraction of sp³-hybridized carbons (Fsp3) is 0.0625. The van der Waals surface area contributed by atoms with Crippen LogP contribution >= 0.6 is 23.2 Å². The Morgan fingerprint density at radius 1 is 1.00 bits per heavy atom. The van der Waals surface area contributed by atoms with Gasteiger partial charge in [0.05, 0.1) is 10.5 Å². The second kappa shape index (κ2) is 5.70. The molecule has 0 bridgehead atoms. The fourth-order valence-corrected chi connectivity index (χ4v) is 2.40. The lowest BCUT2D eigenvalue weighted by atomic mass is 10.2. The van der Waals surface area contributed by atoms with Gasteiger partial charge in [-0.15, -0.1) is 11.6 Å². The first kappa shape index (κ1) is 13.2. The van der Waals surface area contributed by atoms with Crippen LogP contribution in [0.3, 0.4) is 0 Å². The van der Waals surface area contributed by atoms with Crippen molar-refractivity contribution in [1.29, 1.82) is 0 Å². The zero-order valence-corrected chi connectivity index (χ0v) is 12.0. The van der Waals surface area contributed by atoms with Gasteiger partial charge in [0.15, 0.2) is 0 Å². The first-order chi connectivity index (χ1) is 9.78. The van der Waals surface area contributed by atoms with E-state index in [2.05, 4.69) is 4.98 Å². The SMILES string of the molecule is ClCc1ccc(Oc2cccc3ncccc23)c(Cl)c1. The Labute approximate surface area is 126 Å². The van der Waals surface area contributed by atoms with Crippen LogP contribution in [0.4, 0.5) is 0 Å². The Bertz CT molecular complexity index is 753. The Hall–Kier alpha value is -1.77. The monoisotopic (exact) mass is 303 g/mol. The molecule has 0 amide bonds. The van der Waals surface area contributed by atoms with Gasteiger partial charge >= 0.3 is 0 Å². The van der Waals surface area contributed by atoms with Crippen LogP contribution < -0.4 is 4.74 Å². The van der Waals surface area contributed by atoms with E-state index in [4.69, 9.17) is 27.9 Å². The molecule has 100 valence electrons. The summed E-state index contributed by atoms with van der Waals surface area (Å²) >= 11 is 12.0. The van der Waals surface area contributed by atoms with Crippen molar-refractivity contribution in [3.05, 3.63) is 65.3 Å². The van der Waals surface area contributed by atoms with E-state index in [1.807, 2.05) is 48.5 Å². The maximum atomic E-state index is 6.21. The number of hydrogen-bond donors (Lipinski definition) is 0. The van der Waals surface area contributed by atoms with E-state index in [1.165, 1.54) is 0 Å². The van der Waals surface area contributed by atoms with Crippen molar-refractivity contribution >= 4 is 34.1 Å². The number of aromatic nitrogens is 1. The highest BCUT2D eigenvalue weighted by Crippen LogP contribution is 2.33. The van der Waals surface area contributed by atoms with Gasteiger partial charge in [-0.3, -0.25) is 4.98 Å². The highest BCUT2D eigenvalue weighted by molar-refractivity contribution is 6.32. The Kier molecular flexibility index (Phi) is 3.77. The molecule has 0 unspecified atom stereocenters. The van der Waals surface area contributed by atoms with Gasteiger partial charge in [0.25, 0.3) is 0 Å². The highest BCUT2D eigenvalue weighted by Gasteiger charge is 2.07. The molecule has 4 heteroatoms. The van der Waals surface area contributed by atoms with Crippen molar-refractivity contribution in [3.8, 4) is 11.5 Å². The number of alkyl halides is 1. The second-order valence-corrected chi connectivity index (χ2v) is 5.00. The zero-order chi connectivity index (χ0) is 13.9. The fourth-order valence-electron chi connectivity index (χ4n) is 1.99. The van der Waals surface area contributed by atoms with E-state index >= 15 is 0 Å². The molecular weight excluding hydrogens is 293 g/mol. The van der Waals surface area contributed by atoms with Gasteiger partial charge in [-0.25, -0.2) is 0 Å². The first-order valence-corrected chi connectivity index (χ1v) is 7.05. The van der Waals surface area contributed by atoms with E-state index in [0.717, 1.165) is 22.2 Å². The maximum absolute atomic E-state index is 6.21. The van der Waals surface area contributed by atoms with Gasteiger partial charge in [0.2, 0.25) is 0 Å². The number of pyridine rings is 1. The van der Waals surface area contributed by atoms with Crippen molar-refractivity contribution in [1.82, 2.24) is 4.98 Å². The average Bonchev–Trinajstić information content (AvgIpc) is 2.49.